The van der Waals surface area contributed by atoms with Crippen molar-refractivity contribution >= 4 is 34.3 Å². The maximum absolute atomic E-state index is 13.1. The van der Waals surface area contributed by atoms with E-state index in [9.17, 15) is 14.7 Å². The van der Waals surface area contributed by atoms with Crippen molar-refractivity contribution in [2.45, 2.75) is 18.4 Å². The van der Waals surface area contributed by atoms with Crippen molar-refractivity contribution in [2.24, 2.45) is 0 Å². The zero-order valence-electron chi connectivity index (χ0n) is 17.6. The summed E-state index contributed by atoms with van der Waals surface area (Å²) in [5, 5.41) is 11.7. The van der Waals surface area contributed by atoms with Gasteiger partial charge < -0.3 is 19.3 Å². The molecule has 0 aliphatic carbocycles. The summed E-state index contributed by atoms with van der Waals surface area (Å²) in [5.74, 6) is 0.535. The lowest BCUT2D eigenvalue weighted by atomic mass is 9.76. The van der Waals surface area contributed by atoms with E-state index in [0.717, 1.165) is 5.56 Å². The van der Waals surface area contributed by atoms with E-state index in [2.05, 4.69) is 0 Å². The third kappa shape index (κ3) is 2.41. The van der Waals surface area contributed by atoms with Gasteiger partial charge in [-0.05, 0) is 47.7 Å². The normalized spacial score (nSPS) is 19.6. The van der Waals surface area contributed by atoms with E-state index in [0.29, 0.717) is 56.7 Å². The van der Waals surface area contributed by atoms with Crippen LogP contribution in [-0.2, 0) is 21.6 Å². The van der Waals surface area contributed by atoms with E-state index in [1.165, 1.54) is 0 Å². The van der Waals surface area contributed by atoms with Gasteiger partial charge in [0.25, 0.3) is 0 Å². The third-order valence-corrected chi connectivity index (χ3v) is 7.07. The van der Waals surface area contributed by atoms with Crippen LogP contribution in [-0.4, -0.2) is 17.0 Å². The average Bonchev–Trinajstić information content (AvgIpc) is 3.12. The Kier molecular flexibility index (Phi) is 3.73. The Labute approximate surface area is 198 Å². The molecule has 1 N–H and O–H groups in total. The van der Waals surface area contributed by atoms with Crippen molar-refractivity contribution in [3.8, 4) is 23.0 Å². The maximum Gasteiger partial charge on any atom is 0.340 e. The number of phenols is 1. The van der Waals surface area contributed by atoms with Crippen LogP contribution in [0.25, 0.3) is 10.8 Å². The van der Waals surface area contributed by atoms with Gasteiger partial charge in [0.1, 0.15) is 23.0 Å². The highest BCUT2D eigenvalue weighted by Gasteiger charge is 2.54. The minimum absolute atomic E-state index is 0.0429. The largest absolute Gasteiger partial charge is 0.506 e. The molecule has 1 atom stereocenters. The highest BCUT2D eigenvalue weighted by atomic mass is 35.5. The number of aromatic hydroxyl groups is 1. The zero-order valence-corrected chi connectivity index (χ0v) is 18.3. The summed E-state index contributed by atoms with van der Waals surface area (Å²) in [6.45, 7) is 0. The van der Waals surface area contributed by atoms with Crippen molar-refractivity contribution in [3.05, 3.63) is 93.5 Å². The first-order valence-electron chi connectivity index (χ1n) is 10.8. The number of ether oxygens (including phenoxy) is 3. The van der Waals surface area contributed by atoms with Crippen molar-refractivity contribution in [3.63, 3.8) is 0 Å². The second-order valence-corrected chi connectivity index (χ2v) is 9.02. The summed E-state index contributed by atoms with van der Waals surface area (Å²) in [4.78, 5) is 25.0. The van der Waals surface area contributed by atoms with Crippen LogP contribution >= 0.6 is 11.6 Å². The monoisotopic (exact) mass is 470 g/mol. The van der Waals surface area contributed by atoms with Gasteiger partial charge in [0.15, 0.2) is 5.60 Å². The Bertz CT molecular complexity index is 1610. The van der Waals surface area contributed by atoms with Crippen molar-refractivity contribution in [1.29, 1.82) is 0 Å². The summed E-state index contributed by atoms with van der Waals surface area (Å²) in [6, 6.07) is 17.8. The Morgan fingerprint density at radius 3 is 2.59 bits per heavy atom. The van der Waals surface area contributed by atoms with Gasteiger partial charge in [0, 0.05) is 28.1 Å². The highest BCUT2D eigenvalue weighted by Crippen LogP contribution is 2.58. The second-order valence-electron chi connectivity index (χ2n) is 8.62. The quantitative estimate of drug-likeness (QED) is 0.265. The molecule has 1 spiro atoms. The molecule has 3 aliphatic rings. The van der Waals surface area contributed by atoms with Crippen LogP contribution in [0.4, 0.5) is 0 Å². The molecule has 166 valence electrons. The summed E-state index contributed by atoms with van der Waals surface area (Å²) in [7, 11) is 0. The number of phenolic OH excluding ortho intramolecular Hbond substituents is 1. The molecule has 1 unspecified atom stereocenters. The number of hydrogen-bond donors (Lipinski definition) is 1. The number of halogens is 1. The first-order chi connectivity index (χ1) is 16.5. The summed E-state index contributed by atoms with van der Waals surface area (Å²) in [5.41, 5.74) is 2.11. The van der Waals surface area contributed by atoms with Gasteiger partial charge in [-0.2, -0.15) is 0 Å². The molecular formula is C27H15ClO6. The maximum atomic E-state index is 13.1. The molecule has 0 radical (unpaired) electrons. The van der Waals surface area contributed by atoms with Gasteiger partial charge in [-0.1, -0.05) is 35.9 Å². The summed E-state index contributed by atoms with van der Waals surface area (Å²) in [6.07, 6.45) is 0.797. The van der Waals surface area contributed by atoms with Crippen molar-refractivity contribution in [1.82, 2.24) is 0 Å². The van der Waals surface area contributed by atoms with Gasteiger partial charge in [-0.15, -0.1) is 0 Å². The molecule has 0 saturated heterocycles. The first kappa shape index (κ1) is 19.4. The lowest BCUT2D eigenvalue weighted by molar-refractivity contribution is -0.135. The van der Waals surface area contributed by atoms with E-state index in [4.69, 9.17) is 25.8 Å². The summed E-state index contributed by atoms with van der Waals surface area (Å²) >= 11 is 6.25. The number of carbonyl (C=O) groups excluding carboxylic acids is 2. The van der Waals surface area contributed by atoms with Gasteiger partial charge in [-0.25, -0.2) is 4.79 Å². The fourth-order valence-corrected chi connectivity index (χ4v) is 5.40. The van der Waals surface area contributed by atoms with Crippen molar-refractivity contribution < 1.29 is 28.9 Å². The number of hydrogen-bond acceptors (Lipinski definition) is 6. The number of esters is 2. The second kappa shape index (κ2) is 6.52. The Morgan fingerprint density at radius 1 is 0.853 bits per heavy atom. The van der Waals surface area contributed by atoms with Crippen LogP contribution in [0.1, 0.15) is 39.0 Å². The topological polar surface area (TPSA) is 82.1 Å². The van der Waals surface area contributed by atoms with Crippen LogP contribution in [0.2, 0.25) is 5.02 Å². The van der Waals surface area contributed by atoms with Crippen LogP contribution in [0, 0.1) is 0 Å². The lowest BCUT2D eigenvalue weighted by Crippen LogP contribution is -2.33. The van der Waals surface area contributed by atoms with Gasteiger partial charge in [-0.3, -0.25) is 4.79 Å². The molecule has 3 heterocycles. The molecule has 0 aromatic heterocycles. The lowest BCUT2D eigenvalue weighted by Gasteiger charge is -2.37. The van der Waals surface area contributed by atoms with Gasteiger partial charge in [0.05, 0.1) is 17.0 Å². The summed E-state index contributed by atoms with van der Waals surface area (Å²) < 4.78 is 18.1. The van der Waals surface area contributed by atoms with E-state index in [-0.39, 0.29) is 23.2 Å². The molecule has 7 heteroatoms. The number of rotatable bonds is 0. The molecule has 7 rings (SSSR count). The minimum Gasteiger partial charge on any atom is -0.506 e. The fourth-order valence-electron chi connectivity index (χ4n) is 5.23. The van der Waals surface area contributed by atoms with E-state index in [1.54, 1.807) is 30.3 Å². The van der Waals surface area contributed by atoms with Crippen molar-refractivity contribution in [2.75, 3.05) is 0 Å². The van der Waals surface area contributed by atoms with Crippen LogP contribution in [0.15, 0.2) is 60.7 Å². The predicted molar refractivity (Wildman–Crippen MR) is 123 cm³/mol. The number of fused-ring (bicyclic) bond motifs is 9. The highest BCUT2D eigenvalue weighted by molar-refractivity contribution is 6.33. The van der Waals surface area contributed by atoms with Crippen LogP contribution in [0.5, 0.6) is 23.0 Å². The van der Waals surface area contributed by atoms with E-state index in [1.807, 2.05) is 30.3 Å². The van der Waals surface area contributed by atoms with Crippen LogP contribution in [0.3, 0.4) is 0 Å². The number of carbonyl (C=O) groups is 2. The molecule has 6 nitrogen and oxygen atoms in total. The molecule has 0 amide bonds. The molecule has 4 aromatic carbocycles. The standard InChI is InChI=1S/C27H15ClO6/c28-20-11-16-13(10-21(20)29)5-7-18-25(16)33-23-12-22-14(6-8-24(30)32-22)9-19(23)27(18)17-4-2-1-3-15(17)26(31)34-27/h1-5,7,9-12,29H,6,8H2. The number of benzene rings is 4. The average molecular weight is 471 g/mol. The molecule has 0 saturated carbocycles. The molecule has 0 fully saturated rings. The third-order valence-electron chi connectivity index (χ3n) is 6.77. The Morgan fingerprint density at radius 2 is 1.71 bits per heavy atom. The molecular weight excluding hydrogens is 456 g/mol. The van der Waals surface area contributed by atoms with Crippen LogP contribution < -0.4 is 9.47 Å². The molecule has 4 aromatic rings. The molecule has 3 aliphatic heterocycles. The number of aryl methyl sites for hydroxylation is 1. The minimum atomic E-state index is -1.24. The molecule has 34 heavy (non-hydrogen) atoms. The molecule has 0 bridgehead atoms. The Hall–Kier alpha value is -4.03. The van der Waals surface area contributed by atoms with Gasteiger partial charge in [0.2, 0.25) is 0 Å². The van der Waals surface area contributed by atoms with Gasteiger partial charge >= 0.3 is 11.9 Å². The smallest absolute Gasteiger partial charge is 0.340 e. The Balaban J connectivity index is 1.60. The SMILES string of the molecule is O=C1CCc2cc3c(cc2O1)Oc1c(ccc2cc(O)c(Cl)cc12)C31OC(=O)c2ccccc21. The van der Waals surface area contributed by atoms with E-state index < -0.39 is 11.6 Å². The fraction of sp³-hybridized carbons (Fsp3) is 0.111. The zero-order chi connectivity index (χ0) is 23.2. The predicted octanol–water partition coefficient (Wildman–Crippen LogP) is 5.62. The van der Waals surface area contributed by atoms with E-state index >= 15 is 0 Å². The first-order valence-corrected chi connectivity index (χ1v) is 11.2.